The Hall–Kier alpha value is -1.61. The van der Waals surface area contributed by atoms with Gasteiger partial charge in [-0.2, -0.15) is 0 Å². The molecule has 6 nitrogen and oxygen atoms in total. The minimum absolute atomic E-state index is 0.323. The zero-order chi connectivity index (χ0) is 16.5. The van der Waals surface area contributed by atoms with Crippen molar-refractivity contribution < 1.29 is 9.47 Å². The molecule has 0 aliphatic carbocycles. The van der Waals surface area contributed by atoms with Gasteiger partial charge in [-0.3, -0.25) is 4.90 Å². The van der Waals surface area contributed by atoms with E-state index in [0.717, 1.165) is 47.2 Å². The van der Waals surface area contributed by atoms with Gasteiger partial charge in [-0.1, -0.05) is 6.07 Å². The second-order valence-electron chi connectivity index (χ2n) is 6.02. The molecule has 1 atom stereocenters. The molecule has 0 amide bonds. The van der Waals surface area contributed by atoms with E-state index in [2.05, 4.69) is 61.4 Å². The Kier molecular flexibility index (Phi) is 4.45. The van der Waals surface area contributed by atoms with Crippen LogP contribution in [0.4, 0.5) is 5.69 Å². The zero-order valence-electron chi connectivity index (χ0n) is 13.5. The summed E-state index contributed by atoms with van der Waals surface area (Å²) < 4.78 is 11.7. The molecule has 0 bridgehead atoms. The topological polar surface area (TPSA) is 50.7 Å². The van der Waals surface area contributed by atoms with E-state index in [1.807, 2.05) is 18.5 Å². The van der Waals surface area contributed by atoms with Gasteiger partial charge in [-0.15, -0.1) is 0 Å². The molecule has 1 unspecified atom stereocenters. The first kappa shape index (κ1) is 15.9. The van der Waals surface area contributed by atoms with Gasteiger partial charge in [0.1, 0.15) is 0 Å². The lowest BCUT2D eigenvalue weighted by atomic mass is 10.1. The minimum Gasteiger partial charge on any atom is -0.454 e. The van der Waals surface area contributed by atoms with Crippen molar-refractivity contribution in [3.05, 3.63) is 40.0 Å². The molecule has 1 aromatic carbocycles. The van der Waals surface area contributed by atoms with Crippen molar-refractivity contribution in [3.63, 3.8) is 0 Å². The predicted molar refractivity (Wildman–Crippen MR) is 99.5 cm³/mol. The van der Waals surface area contributed by atoms with Crippen LogP contribution in [0.25, 0.3) is 0 Å². The average molecular weight is 438 g/mol. The lowest BCUT2D eigenvalue weighted by molar-refractivity contribution is 0.173. The lowest BCUT2D eigenvalue weighted by Gasteiger charge is -2.39. The van der Waals surface area contributed by atoms with Gasteiger partial charge in [0.05, 0.1) is 18.1 Å². The summed E-state index contributed by atoms with van der Waals surface area (Å²) in [6, 6.07) is 6.60. The summed E-state index contributed by atoms with van der Waals surface area (Å²) in [6.07, 6.45) is 3.82. The molecule has 0 saturated carbocycles. The van der Waals surface area contributed by atoms with Crippen molar-refractivity contribution in [1.82, 2.24) is 14.9 Å². The van der Waals surface area contributed by atoms with Gasteiger partial charge in [-0.25, -0.2) is 9.97 Å². The van der Waals surface area contributed by atoms with E-state index in [4.69, 9.17) is 9.47 Å². The number of piperazine rings is 1. The van der Waals surface area contributed by atoms with Gasteiger partial charge < -0.3 is 14.4 Å². The highest BCUT2D eigenvalue weighted by Gasteiger charge is 2.24. The normalized spacial score (nSPS) is 18.7. The summed E-state index contributed by atoms with van der Waals surface area (Å²) in [5, 5.41) is 0. The first-order valence-electron chi connectivity index (χ1n) is 8.07. The van der Waals surface area contributed by atoms with Crippen LogP contribution in [0.2, 0.25) is 0 Å². The number of nitrogens with zero attached hydrogens (tertiary/aromatic N) is 4. The van der Waals surface area contributed by atoms with Crippen LogP contribution in [-0.2, 0) is 0 Å². The van der Waals surface area contributed by atoms with E-state index in [0.29, 0.717) is 12.8 Å². The molecule has 2 aliphatic rings. The molecule has 2 aromatic rings. The molecule has 1 aromatic heterocycles. The van der Waals surface area contributed by atoms with E-state index in [1.165, 1.54) is 5.56 Å². The molecule has 7 heteroatoms. The first-order valence-corrected chi connectivity index (χ1v) is 9.15. The number of hydrogen-bond donors (Lipinski definition) is 0. The smallest absolute Gasteiger partial charge is 0.231 e. The van der Waals surface area contributed by atoms with E-state index in [9.17, 15) is 0 Å². The number of aromatic nitrogens is 2. The minimum atomic E-state index is 0.323. The molecule has 24 heavy (non-hydrogen) atoms. The number of halogens is 1. The van der Waals surface area contributed by atoms with E-state index < -0.39 is 0 Å². The number of benzene rings is 1. The lowest BCUT2D eigenvalue weighted by Crippen LogP contribution is -2.47. The van der Waals surface area contributed by atoms with Crippen molar-refractivity contribution in [2.45, 2.75) is 13.0 Å². The molecule has 1 fully saturated rings. The highest BCUT2D eigenvalue weighted by Crippen LogP contribution is 2.35. The second kappa shape index (κ2) is 6.72. The summed E-state index contributed by atoms with van der Waals surface area (Å²) in [4.78, 5) is 13.4. The summed E-state index contributed by atoms with van der Waals surface area (Å²) in [6.45, 7) is 6.58. The largest absolute Gasteiger partial charge is 0.454 e. The maximum Gasteiger partial charge on any atom is 0.231 e. The maximum absolute atomic E-state index is 5.50. The highest BCUT2D eigenvalue weighted by molar-refractivity contribution is 14.1. The first-order chi connectivity index (χ1) is 11.7. The van der Waals surface area contributed by atoms with Crippen LogP contribution in [0, 0.1) is 3.83 Å². The molecule has 0 spiro atoms. The van der Waals surface area contributed by atoms with Crippen LogP contribution < -0.4 is 14.4 Å². The third-order valence-corrected chi connectivity index (χ3v) is 5.27. The van der Waals surface area contributed by atoms with Gasteiger partial charge in [0.2, 0.25) is 6.79 Å². The molecule has 4 rings (SSSR count). The molecule has 0 radical (unpaired) electrons. The van der Waals surface area contributed by atoms with Crippen LogP contribution in [0.3, 0.4) is 0 Å². The quantitative estimate of drug-likeness (QED) is 0.543. The van der Waals surface area contributed by atoms with Gasteiger partial charge in [-0.05, 0) is 24.6 Å². The van der Waals surface area contributed by atoms with Crippen LogP contribution in [-0.4, -0.2) is 47.8 Å². The second-order valence-corrected chi connectivity index (χ2v) is 6.99. The average Bonchev–Trinajstić information content (AvgIpc) is 3.09. The van der Waals surface area contributed by atoms with Gasteiger partial charge >= 0.3 is 0 Å². The molecule has 3 heterocycles. The zero-order valence-corrected chi connectivity index (χ0v) is 15.6. The van der Waals surface area contributed by atoms with Crippen molar-refractivity contribution in [1.29, 1.82) is 0 Å². The Morgan fingerprint density at radius 3 is 2.50 bits per heavy atom. The summed E-state index contributed by atoms with van der Waals surface area (Å²) in [7, 11) is 0. The van der Waals surface area contributed by atoms with Crippen LogP contribution >= 0.6 is 22.6 Å². The fourth-order valence-corrected chi connectivity index (χ4v) is 3.50. The van der Waals surface area contributed by atoms with Crippen molar-refractivity contribution in [3.8, 4) is 11.5 Å². The molecule has 1 saturated heterocycles. The van der Waals surface area contributed by atoms with Crippen molar-refractivity contribution in [2.75, 3.05) is 37.9 Å². The van der Waals surface area contributed by atoms with Crippen molar-refractivity contribution in [2.24, 2.45) is 0 Å². The number of rotatable bonds is 3. The standard InChI is InChI=1S/C17H19IN4O2/c1-12(13-2-3-15-16(8-13)24-11-23-15)21-4-6-22(7-5-21)14-9-19-17(18)20-10-14/h2-3,8-10,12H,4-7,11H2,1H3. The molecular weight excluding hydrogens is 419 g/mol. The van der Waals surface area contributed by atoms with Gasteiger partial charge in [0, 0.05) is 54.8 Å². The number of fused-ring (bicyclic) bond motifs is 1. The van der Waals surface area contributed by atoms with Crippen LogP contribution in [0.1, 0.15) is 18.5 Å². The fourth-order valence-electron chi connectivity index (χ4n) is 3.22. The fraction of sp³-hybridized carbons (Fsp3) is 0.412. The third-order valence-electron chi connectivity index (χ3n) is 4.71. The Morgan fingerprint density at radius 1 is 1.04 bits per heavy atom. The SMILES string of the molecule is CC(c1ccc2c(c1)OCO2)N1CCN(c2cnc(I)nc2)CC1. The predicted octanol–water partition coefficient (Wildman–Crippen LogP) is 2.69. The number of hydrogen-bond acceptors (Lipinski definition) is 6. The Morgan fingerprint density at radius 2 is 1.75 bits per heavy atom. The van der Waals surface area contributed by atoms with Gasteiger partial charge in [0.15, 0.2) is 15.3 Å². The molecular formula is C17H19IN4O2. The summed E-state index contributed by atoms with van der Waals surface area (Å²) in [5.74, 6) is 1.70. The third kappa shape index (κ3) is 3.14. The Labute approximate surface area is 154 Å². The Bertz CT molecular complexity index is 717. The van der Waals surface area contributed by atoms with E-state index in [1.54, 1.807) is 0 Å². The highest BCUT2D eigenvalue weighted by atomic mass is 127. The molecule has 2 aliphatic heterocycles. The van der Waals surface area contributed by atoms with Crippen LogP contribution in [0.5, 0.6) is 11.5 Å². The monoisotopic (exact) mass is 438 g/mol. The van der Waals surface area contributed by atoms with Crippen LogP contribution in [0.15, 0.2) is 30.6 Å². The van der Waals surface area contributed by atoms with E-state index in [-0.39, 0.29) is 0 Å². The van der Waals surface area contributed by atoms with E-state index >= 15 is 0 Å². The molecule has 0 N–H and O–H groups in total. The maximum atomic E-state index is 5.50. The number of anilines is 1. The van der Waals surface area contributed by atoms with Gasteiger partial charge in [0.25, 0.3) is 0 Å². The Balaban J connectivity index is 1.41. The number of ether oxygens (including phenoxy) is 2. The summed E-state index contributed by atoms with van der Waals surface area (Å²) in [5.41, 5.74) is 2.37. The summed E-state index contributed by atoms with van der Waals surface area (Å²) >= 11 is 2.13. The van der Waals surface area contributed by atoms with Crippen molar-refractivity contribution >= 4 is 28.3 Å². The molecule has 126 valence electrons.